The largest absolute Gasteiger partial charge is 0.339 e. The Hall–Kier alpha value is -3.58. The Morgan fingerprint density at radius 1 is 0.931 bits per heavy atom. The Balaban J connectivity index is 1.32. The third kappa shape index (κ3) is 4.83. The summed E-state index contributed by atoms with van der Waals surface area (Å²) in [6.07, 6.45) is 3.69. The molecule has 1 amide bonds. The standard InChI is InChI=1S/C21H16ClN5O2/c22-16-8-6-15(7-9-16)21-26-19(29-27-21)11-10-18(28)25-17-12-23-20(24-13-17)14-4-2-1-3-5-14/h1-9,12-13H,10-11H2,(H,25,28). The fraction of sp³-hybridized carbons (Fsp3) is 0.0952. The predicted octanol–water partition coefficient (Wildman–Crippen LogP) is 4.42. The van der Waals surface area contributed by atoms with E-state index in [9.17, 15) is 4.79 Å². The summed E-state index contributed by atoms with van der Waals surface area (Å²) in [5.74, 6) is 1.26. The van der Waals surface area contributed by atoms with Gasteiger partial charge in [-0.05, 0) is 24.3 Å². The highest BCUT2D eigenvalue weighted by molar-refractivity contribution is 6.30. The van der Waals surface area contributed by atoms with Crippen LogP contribution in [-0.4, -0.2) is 26.0 Å². The number of halogens is 1. The molecule has 144 valence electrons. The van der Waals surface area contributed by atoms with Crippen LogP contribution in [0.4, 0.5) is 5.69 Å². The molecular weight excluding hydrogens is 390 g/mol. The monoisotopic (exact) mass is 405 g/mol. The van der Waals surface area contributed by atoms with E-state index in [1.54, 1.807) is 24.5 Å². The fourth-order valence-electron chi connectivity index (χ4n) is 2.65. The van der Waals surface area contributed by atoms with Crippen LogP contribution >= 0.6 is 11.6 Å². The maximum Gasteiger partial charge on any atom is 0.227 e. The summed E-state index contributed by atoms with van der Waals surface area (Å²) in [5, 5.41) is 7.34. The van der Waals surface area contributed by atoms with Gasteiger partial charge in [0.05, 0.1) is 18.1 Å². The number of carbonyl (C=O) groups is 1. The summed E-state index contributed by atoms with van der Waals surface area (Å²) in [6.45, 7) is 0. The molecule has 0 spiro atoms. The molecule has 2 aromatic carbocycles. The average Bonchev–Trinajstić information content (AvgIpc) is 3.23. The molecule has 0 atom stereocenters. The smallest absolute Gasteiger partial charge is 0.227 e. The van der Waals surface area contributed by atoms with Crippen LogP contribution in [0, 0.1) is 0 Å². The minimum absolute atomic E-state index is 0.188. The van der Waals surface area contributed by atoms with Gasteiger partial charge in [-0.2, -0.15) is 4.98 Å². The minimum atomic E-state index is -0.188. The Morgan fingerprint density at radius 2 is 1.62 bits per heavy atom. The summed E-state index contributed by atoms with van der Waals surface area (Å²) < 4.78 is 5.22. The molecule has 0 fully saturated rings. The minimum Gasteiger partial charge on any atom is -0.339 e. The van der Waals surface area contributed by atoms with Crippen molar-refractivity contribution in [1.29, 1.82) is 0 Å². The van der Waals surface area contributed by atoms with Gasteiger partial charge in [-0.1, -0.05) is 47.1 Å². The number of aryl methyl sites for hydroxylation is 1. The van der Waals surface area contributed by atoms with Crippen LogP contribution in [0.3, 0.4) is 0 Å². The van der Waals surface area contributed by atoms with E-state index in [-0.39, 0.29) is 12.3 Å². The Bertz CT molecular complexity index is 1100. The van der Waals surface area contributed by atoms with E-state index < -0.39 is 0 Å². The maximum absolute atomic E-state index is 12.2. The number of amides is 1. The van der Waals surface area contributed by atoms with Crippen molar-refractivity contribution >= 4 is 23.2 Å². The molecule has 0 aliphatic heterocycles. The van der Waals surface area contributed by atoms with Crippen LogP contribution in [0.1, 0.15) is 12.3 Å². The third-order valence-corrected chi connectivity index (χ3v) is 4.36. The lowest BCUT2D eigenvalue weighted by molar-refractivity contribution is -0.116. The number of nitrogens with zero attached hydrogens (tertiary/aromatic N) is 4. The van der Waals surface area contributed by atoms with Gasteiger partial charge in [0.2, 0.25) is 17.6 Å². The molecule has 0 unspecified atom stereocenters. The van der Waals surface area contributed by atoms with E-state index in [2.05, 4.69) is 25.4 Å². The zero-order valence-electron chi connectivity index (χ0n) is 15.2. The second kappa shape index (κ2) is 8.62. The van der Waals surface area contributed by atoms with Gasteiger partial charge in [0, 0.05) is 29.0 Å². The third-order valence-electron chi connectivity index (χ3n) is 4.10. The van der Waals surface area contributed by atoms with E-state index in [0.29, 0.717) is 34.7 Å². The molecule has 29 heavy (non-hydrogen) atoms. The first-order valence-corrected chi connectivity index (χ1v) is 9.31. The summed E-state index contributed by atoms with van der Waals surface area (Å²) in [7, 11) is 0. The van der Waals surface area contributed by atoms with Crippen LogP contribution in [0.2, 0.25) is 5.02 Å². The van der Waals surface area contributed by atoms with Gasteiger partial charge >= 0.3 is 0 Å². The molecule has 8 heteroatoms. The van der Waals surface area contributed by atoms with Crippen molar-refractivity contribution in [1.82, 2.24) is 20.1 Å². The first kappa shape index (κ1) is 18.8. The van der Waals surface area contributed by atoms with Crippen molar-refractivity contribution in [2.45, 2.75) is 12.8 Å². The van der Waals surface area contributed by atoms with Gasteiger partial charge in [-0.3, -0.25) is 4.79 Å². The van der Waals surface area contributed by atoms with Crippen LogP contribution < -0.4 is 5.32 Å². The van der Waals surface area contributed by atoms with Gasteiger partial charge in [0.1, 0.15) is 0 Å². The quantitative estimate of drug-likeness (QED) is 0.510. The Morgan fingerprint density at radius 3 is 2.34 bits per heavy atom. The highest BCUT2D eigenvalue weighted by Crippen LogP contribution is 2.19. The van der Waals surface area contributed by atoms with Crippen LogP contribution in [0.25, 0.3) is 22.8 Å². The topological polar surface area (TPSA) is 93.8 Å². The van der Waals surface area contributed by atoms with Crippen molar-refractivity contribution < 1.29 is 9.32 Å². The lowest BCUT2D eigenvalue weighted by Crippen LogP contribution is -2.13. The van der Waals surface area contributed by atoms with Gasteiger partial charge in [-0.25, -0.2) is 9.97 Å². The molecule has 0 saturated carbocycles. The lowest BCUT2D eigenvalue weighted by Gasteiger charge is -2.04. The second-order valence-electron chi connectivity index (χ2n) is 6.23. The van der Waals surface area contributed by atoms with E-state index in [1.807, 2.05) is 42.5 Å². The number of hydrogen-bond donors (Lipinski definition) is 1. The van der Waals surface area contributed by atoms with E-state index in [0.717, 1.165) is 11.1 Å². The van der Waals surface area contributed by atoms with Crippen LogP contribution in [-0.2, 0) is 11.2 Å². The number of benzene rings is 2. The van der Waals surface area contributed by atoms with E-state index >= 15 is 0 Å². The summed E-state index contributed by atoms with van der Waals surface area (Å²) in [6, 6.07) is 16.8. The van der Waals surface area contributed by atoms with E-state index in [4.69, 9.17) is 16.1 Å². The zero-order chi connectivity index (χ0) is 20.1. The predicted molar refractivity (Wildman–Crippen MR) is 109 cm³/mol. The van der Waals surface area contributed by atoms with Crippen molar-refractivity contribution in [3.63, 3.8) is 0 Å². The summed E-state index contributed by atoms with van der Waals surface area (Å²) in [4.78, 5) is 25.1. The molecule has 0 bridgehead atoms. The second-order valence-corrected chi connectivity index (χ2v) is 6.66. The maximum atomic E-state index is 12.2. The van der Waals surface area contributed by atoms with Crippen molar-refractivity contribution in [2.24, 2.45) is 0 Å². The molecule has 2 aromatic heterocycles. The van der Waals surface area contributed by atoms with Gasteiger partial charge < -0.3 is 9.84 Å². The average molecular weight is 406 g/mol. The van der Waals surface area contributed by atoms with Gasteiger partial charge in [0.25, 0.3) is 0 Å². The molecule has 4 aromatic rings. The van der Waals surface area contributed by atoms with Crippen molar-refractivity contribution in [2.75, 3.05) is 5.32 Å². The first-order chi connectivity index (χ1) is 14.2. The molecule has 0 aliphatic rings. The van der Waals surface area contributed by atoms with Crippen molar-refractivity contribution in [3.05, 3.63) is 77.9 Å². The van der Waals surface area contributed by atoms with Crippen LogP contribution in [0.5, 0.6) is 0 Å². The molecular formula is C21H16ClN5O2. The highest BCUT2D eigenvalue weighted by atomic mass is 35.5. The number of hydrogen-bond acceptors (Lipinski definition) is 6. The number of anilines is 1. The number of aromatic nitrogens is 4. The molecule has 1 N–H and O–H groups in total. The van der Waals surface area contributed by atoms with Gasteiger partial charge in [-0.15, -0.1) is 0 Å². The first-order valence-electron chi connectivity index (χ1n) is 8.93. The summed E-state index contributed by atoms with van der Waals surface area (Å²) in [5.41, 5.74) is 2.24. The molecule has 0 radical (unpaired) electrons. The molecule has 0 aliphatic carbocycles. The fourth-order valence-corrected chi connectivity index (χ4v) is 2.77. The normalized spacial score (nSPS) is 10.7. The van der Waals surface area contributed by atoms with E-state index in [1.165, 1.54) is 0 Å². The zero-order valence-corrected chi connectivity index (χ0v) is 16.0. The number of carbonyl (C=O) groups excluding carboxylic acids is 1. The lowest BCUT2D eigenvalue weighted by atomic mass is 10.2. The molecule has 4 rings (SSSR count). The SMILES string of the molecule is O=C(CCc1nc(-c2ccc(Cl)cc2)no1)Nc1cnc(-c2ccccc2)nc1. The van der Waals surface area contributed by atoms with Gasteiger partial charge in [0.15, 0.2) is 5.82 Å². The summed E-state index contributed by atoms with van der Waals surface area (Å²) >= 11 is 5.88. The molecule has 0 saturated heterocycles. The number of rotatable bonds is 6. The van der Waals surface area contributed by atoms with Crippen LogP contribution in [0.15, 0.2) is 71.5 Å². The molecule has 2 heterocycles. The Kier molecular flexibility index (Phi) is 5.58. The highest BCUT2D eigenvalue weighted by Gasteiger charge is 2.11. The number of nitrogens with one attached hydrogen (secondary N) is 1. The Labute approximate surface area is 171 Å². The molecule has 7 nitrogen and oxygen atoms in total. The van der Waals surface area contributed by atoms with Crippen molar-refractivity contribution in [3.8, 4) is 22.8 Å².